The molecule has 0 radical (unpaired) electrons. The molecule has 0 saturated carbocycles. The third-order valence-electron chi connectivity index (χ3n) is 5.15. The molecule has 2 aliphatic rings. The van der Waals surface area contributed by atoms with Gasteiger partial charge in [-0.2, -0.15) is 0 Å². The number of carbonyl (C=O) groups excluding carboxylic acids is 2. The molecule has 150 valence electrons. The highest BCUT2D eigenvalue weighted by molar-refractivity contribution is 5.90. The first-order valence-corrected chi connectivity index (χ1v) is 9.49. The SMILES string of the molecule is C=Cc1ccc(C(=O)O[C@@H]2CO[C@@H]3C(OC(=O)c4ccc(C)cc4)CO[C@@H]32)cc1. The van der Waals surface area contributed by atoms with Crippen LogP contribution in [-0.4, -0.2) is 49.6 Å². The van der Waals surface area contributed by atoms with Gasteiger partial charge in [-0.05, 0) is 36.8 Å². The van der Waals surface area contributed by atoms with Crippen molar-refractivity contribution in [1.82, 2.24) is 0 Å². The van der Waals surface area contributed by atoms with Gasteiger partial charge in [0, 0.05) is 0 Å². The Kier molecular flexibility index (Phi) is 5.47. The Balaban J connectivity index is 1.35. The number of esters is 2. The van der Waals surface area contributed by atoms with Crippen molar-refractivity contribution in [3.63, 3.8) is 0 Å². The van der Waals surface area contributed by atoms with Gasteiger partial charge in [-0.25, -0.2) is 9.59 Å². The zero-order chi connectivity index (χ0) is 20.4. The quantitative estimate of drug-likeness (QED) is 0.726. The molecule has 2 aromatic carbocycles. The number of benzene rings is 2. The van der Waals surface area contributed by atoms with E-state index in [4.69, 9.17) is 18.9 Å². The summed E-state index contributed by atoms with van der Waals surface area (Å²) < 4.78 is 22.6. The summed E-state index contributed by atoms with van der Waals surface area (Å²) in [6.07, 6.45) is -0.291. The number of carbonyl (C=O) groups is 2. The Morgan fingerprint density at radius 2 is 1.31 bits per heavy atom. The number of hydrogen-bond acceptors (Lipinski definition) is 6. The van der Waals surface area contributed by atoms with Crippen LogP contribution >= 0.6 is 0 Å². The summed E-state index contributed by atoms with van der Waals surface area (Å²) in [5, 5.41) is 0. The molecule has 2 aliphatic heterocycles. The van der Waals surface area contributed by atoms with Crippen LogP contribution in [0.1, 0.15) is 31.8 Å². The normalized spacial score (nSPS) is 25.3. The minimum absolute atomic E-state index is 0.199. The smallest absolute Gasteiger partial charge is 0.338 e. The van der Waals surface area contributed by atoms with Gasteiger partial charge in [-0.15, -0.1) is 0 Å². The monoisotopic (exact) mass is 394 g/mol. The van der Waals surface area contributed by atoms with Crippen LogP contribution in [0, 0.1) is 6.92 Å². The Labute approximate surface area is 169 Å². The molecular formula is C23H22O6. The second-order valence-electron chi connectivity index (χ2n) is 7.18. The van der Waals surface area contributed by atoms with Crippen LogP contribution in [0.5, 0.6) is 0 Å². The summed E-state index contributed by atoms with van der Waals surface area (Å²) in [6.45, 7) is 6.04. The van der Waals surface area contributed by atoms with Gasteiger partial charge in [-0.3, -0.25) is 0 Å². The molecule has 0 aliphatic carbocycles. The van der Waals surface area contributed by atoms with Crippen molar-refractivity contribution < 1.29 is 28.5 Å². The predicted octanol–water partition coefficient (Wildman–Crippen LogP) is 3.19. The van der Waals surface area contributed by atoms with Crippen LogP contribution < -0.4 is 0 Å². The lowest BCUT2D eigenvalue weighted by molar-refractivity contribution is -0.0287. The van der Waals surface area contributed by atoms with Gasteiger partial charge >= 0.3 is 11.9 Å². The molecule has 29 heavy (non-hydrogen) atoms. The van der Waals surface area contributed by atoms with E-state index in [1.165, 1.54) is 0 Å². The second-order valence-corrected chi connectivity index (χ2v) is 7.18. The largest absolute Gasteiger partial charge is 0.453 e. The highest BCUT2D eigenvalue weighted by Crippen LogP contribution is 2.31. The third kappa shape index (κ3) is 4.09. The van der Waals surface area contributed by atoms with E-state index in [-0.39, 0.29) is 13.2 Å². The molecule has 2 heterocycles. The van der Waals surface area contributed by atoms with Crippen LogP contribution in [0.3, 0.4) is 0 Å². The maximum atomic E-state index is 12.4. The highest BCUT2D eigenvalue weighted by Gasteiger charge is 2.51. The van der Waals surface area contributed by atoms with Crippen molar-refractivity contribution in [2.75, 3.05) is 13.2 Å². The van der Waals surface area contributed by atoms with Crippen molar-refractivity contribution in [1.29, 1.82) is 0 Å². The van der Waals surface area contributed by atoms with Gasteiger partial charge in [0.05, 0.1) is 24.3 Å². The molecule has 0 spiro atoms. The van der Waals surface area contributed by atoms with E-state index < -0.39 is 36.4 Å². The van der Waals surface area contributed by atoms with Crippen LogP contribution in [-0.2, 0) is 18.9 Å². The minimum Gasteiger partial charge on any atom is -0.453 e. The Bertz CT molecular complexity index is 902. The molecule has 0 N–H and O–H groups in total. The van der Waals surface area contributed by atoms with E-state index in [1.807, 2.05) is 19.1 Å². The molecule has 0 amide bonds. The fraction of sp³-hybridized carbons (Fsp3) is 0.304. The number of aryl methyl sites for hydroxylation is 1. The van der Waals surface area contributed by atoms with Crippen LogP contribution in [0.4, 0.5) is 0 Å². The standard InChI is InChI=1S/C23H22O6/c1-3-15-6-10-17(11-7-15)23(25)29-19-13-27-20-18(12-26-21(19)20)28-22(24)16-8-4-14(2)5-9-16/h3-11,18-21H,1,12-13H2,2H3/t18?,19-,20-,21-/m1/s1. The number of fused-ring (bicyclic) bond motifs is 1. The van der Waals surface area contributed by atoms with Gasteiger partial charge in [-0.1, -0.05) is 42.5 Å². The van der Waals surface area contributed by atoms with Crippen LogP contribution in [0.15, 0.2) is 55.1 Å². The van der Waals surface area contributed by atoms with E-state index in [1.54, 1.807) is 42.5 Å². The van der Waals surface area contributed by atoms with Crippen molar-refractivity contribution in [3.8, 4) is 0 Å². The fourth-order valence-corrected chi connectivity index (χ4v) is 3.49. The van der Waals surface area contributed by atoms with Gasteiger partial charge in [0.1, 0.15) is 12.2 Å². The van der Waals surface area contributed by atoms with Gasteiger partial charge in [0.15, 0.2) is 12.2 Å². The lowest BCUT2D eigenvalue weighted by Gasteiger charge is -2.17. The van der Waals surface area contributed by atoms with Crippen molar-refractivity contribution in [2.45, 2.75) is 31.3 Å². The van der Waals surface area contributed by atoms with Crippen LogP contribution in [0.25, 0.3) is 6.08 Å². The molecule has 2 fully saturated rings. The van der Waals surface area contributed by atoms with E-state index >= 15 is 0 Å². The maximum Gasteiger partial charge on any atom is 0.338 e. The molecule has 2 saturated heterocycles. The summed E-state index contributed by atoms with van der Waals surface area (Å²) in [4.78, 5) is 24.8. The molecule has 6 nitrogen and oxygen atoms in total. The Morgan fingerprint density at radius 1 is 0.862 bits per heavy atom. The molecule has 2 aromatic rings. The average molecular weight is 394 g/mol. The molecule has 1 unspecified atom stereocenters. The van der Waals surface area contributed by atoms with Gasteiger partial charge in [0.2, 0.25) is 0 Å². The fourth-order valence-electron chi connectivity index (χ4n) is 3.49. The maximum absolute atomic E-state index is 12.4. The minimum atomic E-state index is -0.547. The first kappa shape index (κ1) is 19.4. The lowest BCUT2D eigenvalue weighted by Crippen LogP contribution is -2.36. The Hall–Kier alpha value is -2.96. The molecule has 0 aromatic heterocycles. The molecule has 6 heteroatoms. The van der Waals surface area contributed by atoms with Crippen molar-refractivity contribution in [2.24, 2.45) is 0 Å². The van der Waals surface area contributed by atoms with Crippen LogP contribution in [0.2, 0.25) is 0 Å². The third-order valence-corrected chi connectivity index (χ3v) is 5.15. The molecule has 4 atom stereocenters. The zero-order valence-corrected chi connectivity index (χ0v) is 16.1. The molecule has 0 bridgehead atoms. The Morgan fingerprint density at radius 3 is 1.76 bits per heavy atom. The lowest BCUT2D eigenvalue weighted by atomic mass is 10.1. The summed E-state index contributed by atoms with van der Waals surface area (Å²) >= 11 is 0. The zero-order valence-electron chi connectivity index (χ0n) is 16.1. The molecule has 4 rings (SSSR count). The average Bonchev–Trinajstić information content (AvgIpc) is 3.32. The summed E-state index contributed by atoms with van der Waals surface area (Å²) in [7, 11) is 0. The van der Waals surface area contributed by atoms with E-state index in [2.05, 4.69) is 6.58 Å². The van der Waals surface area contributed by atoms with E-state index in [0.29, 0.717) is 11.1 Å². The van der Waals surface area contributed by atoms with Gasteiger partial charge < -0.3 is 18.9 Å². The second kappa shape index (κ2) is 8.19. The van der Waals surface area contributed by atoms with Crippen molar-refractivity contribution in [3.05, 3.63) is 77.4 Å². The highest BCUT2D eigenvalue weighted by atomic mass is 16.7. The van der Waals surface area contributed by atoms with Crippen molar-refractivity contribution >= 4 is 18.0 Å². The number of hydrogen-bond donors (Lipinski definition) is 0. The first-order chi connectivity index (χ1) is 14.0. The summed E-state index contributed by atoms with van der Waals surface area (Å²) in [5.41, 5.74) is 2.90. The number of rotatable bonds is 5. The van der Waals surface area contributed by atoms with Gasteiger partial charge in [0.25, 0.3) is 0 Å². The predicted molar refractivity (Wildman–Crippen MR) is 106 cm³/mol. The van der Waals surface area contributed by atoms with E-state index in [9.17, 15) is 9.59 Å². The topological polar surface area (TPSA) is 71.1 Å². The number of ether oxygens (including phenoxy) is 4. The summed E-state index contributed by atoms with van der Waals surface area (Å²) in [6, 6.07) is 14.1. The summed E-state index contributed by atoms with van der Waals surface area (Å²) in [5.74, 6) is -0.871. The molecular weight excluding hydrogens is 372 g/mol. The first-order valence-electron chi connectivity index (χ1n) is 9.49. The van der Waals surface area contributed by atoms with E-state index in [0.717, 1.165) is 11.1 Å².